The Bertz CT molecular complexity index is 424. The van der Waals surface area contributed by atoms with Crippen molar-refractivity contribution < 1.29 is 4.52 Å². The van der Waals surface area contributed by atoms with Gasteiger partial charge in [0.1, 0.15) is 0 Å². The largest absolute Gasteiger partial charge is 0.354 e. The summed E-state index contributed by atoms with van der Waals surface area (Å²) in [5.74, 6) is 0. The minimum absolute atomic E-state index is 0.424. The molecular formula is C9H9ClN2O. The zero-order valence-electron chi connectivity index (χ0n) is 7.17. The quantitative estimate of drug-likeness (QED) is 0.800. The molecule has 0 atom stereocenters. The Balaban J connectivity index is 2.63. The van der Waals surface area contributed by atoms with E-state index in [0.717, 1.165) is 23.1 Å². The number of aromatic nitrogens is 1. The SMILES string of the molecule is CNCc1cccc2c(Cl)noc12. The van der Waals surface area contributed by atoms with Crippen molar-refractivity contribution >= 4 is 22.6 Å². The minimum Gasteiger partial charge on any atom is -0.354 e. The summed E-state index contributed by atoms with van der Waals surface area (Å²) in [5.41, 5.74) is 1.83. The summed E-state index contributed by atoms with van der Waals surface area (Å²) >= 11 is 5.82. The van der Waals surface area contributed by atoms with E-state index < -0.39 is 0 Å². The van der Waals surface area contributed by atoms with Gasteiger partial charge in [-0.3, -0.25) is 0 Å². The Hall–Kier alpha value is -1.06. The van der Waals surface area contributed by atoms with Crippen molar-refractivity contribution in [3.05, 3.63) is 28.9 Å². The average molecular weight is 197 g/mol. The number of nitrogens with zero attached hydrogens (tertiary/aromatic N) is 1. The lowest BCUT2D eigenvalue weighted by Gasteiger charge is -1.98. The number of benzene rings is 1. The van der Waals surface area contributed by atoms with Gasteiger partial charge in [0.25, 0.3) is 0 Å². The van der Waals surface area contributed by atoms with Crippen LogP contribution in [0.2, 0.25) is 5.15 Å². The van der Waals surface area contributed by atoms with Gasteiger partial charge in [-0.2, -0.15) is 0 Å². The lowest BCUT2D eigenvalue weighted by molar-refractivity contribution is 0.453. The van der Waals surface area contributed by atoms with Crippen LogP contribution in [0.1, 0.15) is 5.56 Å². The summed E-state index contributed by atoms with van der Waals surface area (Å²) in [6, 6.07) is 5.83. The van der Waals surface area contributed by atoms with Gasteiger partial charge in [0.05, 0.1) is 5.39 Å². The second-order valence-corrected chi connectivity index (χ2v) is 3.16. The fourth-order valence-electron chi connectivity index (χ4n) is 1.32. The Kier molecular flexibility index (Phi) is 2.20. The molecule has 0 aliphatic heterocycles. The lowest BCUT2D eigenvalue weighted by Crippen LogP contribution is -2.04. The molecule has 0 aliphatic carbocycles. The molecule has 1 N–H and O–H groups in total. The molecule has 0 saturated heterocycles. The van der Waals surface area contributed by atoms with Crippen molar-refractivity contribution in [2.45, 2.75) is 6.54 Å². The number of hydrogen-bond donors (Lipinski definition) is 1. The van der Waals surface area contributed by atoms with Gasteiger partial charge in [-0.1, -0.05) is 28.9 Å². The van der Waals surface area contributed by atoms with Crippen molar-refractivity contribution in [1.82, 2.24) is 10.5 Å². The van der Waals surface area contributed by atoms with E-state index in [1.54, 1.807) is 0 Å². The van der Waals surface area contributed by atoms with Gasteiger partial charge in [-0.15, -0.1) is 0 Å². The maximum Gasteiger partial charge on any atom is 0.180 e. The van der Waals surface area contributed by atoms with Gasteiger partial charge in [0.2, 0.25) is 0 Å². The summed E-state index contributed by atoms with van der Waals surface area (Å²) in [5, 5.41) is 8.05. The standard InChI is InChI=1S/C9H9ClN2O/c1-11-5-6-3-2-4-7-8(6)13-12-9(7)10/h2-4,11H,5H2,1H3. The number of para-hydroxylation sites is 1. The molecule has 2 aromatic rings. The summed E-state index contributed by atoms with van der Waals surface area (Å²) in [7, 11) is 1.89. The van der Waals surface area contributed by atoms with Gasteiger partial charge in [0, 0.05) is 12.1 Å². The molecule has 0 aliphatic rings. The molecule has 13 heavy (non-hydrogen) atoms. The number of fused-ring (bicyclic) bond motifs is 1. The zero-order valence-corrected chi connectivity index (χ0v) is 7.93. The highest BCUT2D eigenvalue weighted by molar-refractivity contribution is 6.34. The van der Waals surface area contributed by atoms with E-state index in [4.69, 9.17) is 16.1 Å². The average Bonchev–Trinajstić information content (AvgIpc) is 2.50. The fraction of sp³-hybridized carbons (Fsp3) is 0.222. The first-order valence-corrected chi connectivity index (χ1v) is 4.38. The summed E-state index contributed by atoms with van der Waals surface area (Å²) in [6.45, 7) is 0.753. The lowest BCUT2D eigenvalue weighted by atomic mass is 10.1. The highest BCUT2D eigenvalue weighted by Gasteiger charge is 2.08. The summed E-state index contributed by atoms with van der Waals surface area (Å²) in [4.78, 5) is 0. The Morgan fingerprint density at radius 1 is 1.54 bits per heavy atom. The zero-order chi connectivity index (χ0) is 9.26. The van der Waals surface area contributed by atoms with E-state index in [0.29, 0.717) is 5.15 Å². The molecule has 0 bridgehead atoms. The van der Waals surface area contributed by atoms with Gasteiger partial charge < -0.3 is 9.84 Å². The summed E-state index contributed by atoms with van der Waals surface area (Å²) in [6.07, 6.45) is 0. The third-order valence-corrected chi connectivity index (χ3v) is 2.18. The van der Waals surface area contributed by atoms with Crippen LogP contribution >= 0.6 is 11.6 Å². The second-order valence-electron chi connectivity index (χ2n) is 2.80. The first-order chi connectivity index (χ1) is 6.33. The first-order valence-electron chi connectivity index (χ1n) is 4.00. The third kappa shape index (κ3) is 1.41. The van der Waals surface area contributed by atoms with Crippen LogP contribution in [0.15, 0.2) is 22.7 Å². The highest BCUT2D eigenvalue weighted by Crippen LogP contribution is 2.25. The predicted molar refractivity (Wildman–Crippen MR) is 51.8 cm³/mol. The molecule has 3 nitrogen and oxygen atoms in total. The third-order valence-electron chi connectivity index (χ3n) is 1.90. The van der Waals surface area contributed by atoms with Crippen molar-refractivity contribution in [2.24, 2.45) is 0 Å². The Morgan fingerprint density at radius 2 is 2.38 bits per heavy atom. The molecule has 2 rings (SSSR count). The topological polar surface area (TPSA) is 38.1 Å². The van der Waals surface area contributed by atoms with Crippen LogP contribution in [-0.2, 0) is 6.54 Å². The minimum atomic E-state index is 0.424. The molecule has 1 aromatic carbocycles. The number of nitrogens with one attached hydrogen (secondary N) is 1. The first kappa shape index (κ1) is 8.53. The molecule has 1 aromatic heterocycles. The van der Waals surface area contributed by atoms with Gasteiger partial charge in [-0.05, 0) is 13.1 Å². The van der Waals surface area contributed by atoms with Crippen molar-refractivity contribution in [2.75, 3.05) is 7.05 Å². The molecule has 0 unspecified atom stereocenters. The van der Waals surface area contributed by atoms with Gasteiger partial charge >= 0.3 is 0 Å². The molecule has 0 spiro atoms. The van der Waals surface area contributed by atoms with Crippen LogP contribution in [0.5, 0.6) is 0 Å². The molecular weight excluding hydrogens is 188 g/mol. The Morgan fingerprint density at radius 3 is 3.15 bits per heavy atom. The van der Waals surface area contributed by atoms with E-state index in [1.165, 1.54) is 0 Å². The van der Waals surface area contributed by atoms with Gasteiger partial charge in [-0.25, -0.2) is 0 Å². The molecule has 1 heterocycles. The molecule has 0 radical (unpaired) electrons. The summed E-state index contributed by atoms with van der Waals surface area (Å²) < 4.78 is 5.11. The normalized spacial score (nSPS) is 10.9. The molecule has 0 saturated carbocycles. The van der Waals surface area contributed by atoms with Gasteiger partial charge in [0.15, 0.2) is 10.7 Å². The van der Waals surface area contributed by atoms with Crippen LogP contribution in [0.3, 0.4) is 0 Å². The second kappa shape index (κ2) is 3.36. The van der Waals surface area contributed by atoms with E-state index in [9.17, 15) is 0 Å². The van der Waals surface area contributed by atoms with E-state index >= 15 is 0 Å². The fourth-order valence-corrected chi connectivity index (χ4v) is 1.50. The highest BCUT2D eigenvalue weighted by atomic mass is 35.5. The molecule has 0 amide bonds. The maximum absolute atomic E-state index is 5.82. The van der Waals surface area contributed by atoms with E-state index in [2.05, 4.69) is 10.5 Å². The van der Waals surface area contributed by atoms with Crippen LogP contribution < -0.4 is 5.32 Å². The van der Waals surface area contributed by atoms with Crippen LogP contribution in [-0.4, -0.2) is 12.2 Å². The number of hydrogen-bond acceptors (Lipinski definition) is 3. The number of rotatable bonds is 2. The predicted octanol–water partition coefficient (Wildman–Crippen LogP) is 2.20. The van der Waals surface area contributed by atoms with Crippen molar-refractivity contribution in [3.8, 4) is 0 Å². The smallest absolute Gasteiger partial charge is 0.180 e. The van der Waals surface area contributed by atoms with Crippen LogP contribution in [0.4, 0.5) is 0 Å². The van der Waals surface area contributed by atoms with E-state index in [1.807, 2.05) is 25.2 Å². The molecule has 4 heteroatoms. The van der Waals surface area contributed by atoms with Crippen LogP contribution in [0, 0.1) is 0 Å². The van der Waals surface area contributed by atoms with Crippen molar-refractivity contribution in [1.29, 1.82) is 0 Å². The Labute approximate surface area is 80.7 Å². The molecule has 68 valence electrons. The maximum atomic E-state index is 5.82. The molecule has 0 fully saturated rings. The van der Waals surface area contributed by atoms with Crippen LogP contribution in [0.25, 0.3) is 11.0 Å². The van der Waals surface area contributed by atoms with Crippen molar-refractivity contribution in [3.63, 3.8) is 0 Å². The van der Waals surface area contributed by atoms with E-state index in [-0.39, 0.29) is 0 Å². The number of halogens is 1. The monoisotopic (exact) mass is 196 g/mol.